The molecular formula is C24H38N2O3. The molecule has 0 aromatic heterocycles. The van der Waals surface area contributed by atoms with Crippen molar-refractivity contribution in [3.8, 4) is 0 Å². The molecule has 5 heteroatoms. The second kappa shape index (κ2) is 8.05. The molecule has 2 atom stereocenters. The van der Waals surface area contributed by atoms with Gasteiger partial charge in [0.1, 0.15) is 0 Å². The Balaban J connectivity index is 1.77. The normalized spacial score (nSPS) is 35.7. The van der Waals surface area contributed by atoms with Gasteiger partial charge >= 0.3 is 0 Å². The van der Waals surface area contributed by atoms with Crippen LogP contribution in [-0.4, -0.2) is 46.6 Å². The molecule has 3 aliphatic carbocycles. The van der Waals surface area contributed by atoms with E-state index in [0.717, 1.165) is 75.4 Å². The first-order valence-corrected chi connectivity index (χ1v) is 11.8. The molecule has 1 heterocycles. The number of carbonyl (C=O) groups is 2. The molecule has 4 aliphatic rings. The molecule has 0 unspecified atom stereocenters. The van der Waals surface area contributed by atoms with Gasteiger partial charge in [0.15, 0.2) is 0 Å². The number of hydrogen-bond acceptors (Lipinski definition) is 3. The summed E-state index contributed by atoms with van der Waals surface area (Å²) in [7, 11) is 0. The molecule has 1 aliphatic heterocycles. The van der Waals surface area contributed by atoms with Crippen molar-refractivity contribution in [1.82, 2.24) is 10.2 Å². The van der Waals surface area contributed by atoms with Crippen LogP contribution in [0.5, 0.6) is 0 Å². The van der Waals surface area contributed by atoms with Crippen molar-refractivity contribution in [1.29, 1.82) is 0 Å². The van der Waals surface area contributed by atoms with E-state index in [9.17, 15) is 14.7 Å². The van der Waals surface area contributed by atoms with Crippen LogP contribution in [0.3, 0.4) is 0 Å². The number of aliphatic hydroxyl groups is 1. The van der Waals surface area contributed by atoms with Gasteiger partial charge in [-0.1, -0.05) is 0 Å². The van der Waals surface area contributed by atoms with Gasteiger partial charge in [0.2, 0.25) is 11.8 Å². The van der Waals surface area contributed by atoms with Crippen LogP contribution in [0.4, 0.5) is 0 Å². The third-order valence-corrected chi connectivity index (χ3v) is 8.02. The maximum absolute atomic E-state index is 13.8. The molecule has 162 valence electrons. The van der Waals surface area contributed by atoms with E-state index in [2.05, 4.69) is 31.0 Å². The average Bonchev–Trinajstić information content (AvgIpc) is 3.54. The molecule has 2 N–H and O–H groups in total. The highest BCUT2D eigenvalue weighted by molar-refractivity contribution is 6.00. The quantitative estimate of drug-likeness (QED) is 0.739. The summed E-state index contributed by atoms with van der Waals surface area (Å²) >= 11 is 0. The summed E-state index contributed by atoms with van der Waals surface area (Å²) in [6.07, 6.45) is 9.92. The van der Waals surface area contributed by atoms with Crippen LogP contribution in [0.25, 0.3) is 0 Å². The predicted molar refractivity (Wildman–Crippen MR) is 113 cm³/mol. The highest BCUT2D eigenvalue weighted by atomic mass is 16.3. The lowest BCUT2D eigenvalue weighted by atomic mass is 9.60. The fourth-order valence-electron chi connectivity index (χ4n) is 6.23. The summed E-state index contributed by atoms with van der Waals surface area (Å²) in [4.78, 5) is 29.4. The Morgan fingerprint density at radius 3 is 2.38 bits per heavy atom. The Morgan fingerprint density at radius 1 is 1.14 bits per heavy atom. The fourth-order valence-corrected chi connectivity index (χ4v) is 6.23. The van der Waals surface area contributed by atoms with Crippen LogP contribution >= 0.6 is 0 Å². The zero-order valence-electron chi connectivity index (χ0n) is 18.4. The third kappa shape index (κ3) is 3.64. The van der Waals surface area contributed by atoms with E-state index in [1.807, 2.05) is 0 Å². The first kappa shape index (κ1) is 20.9. The van der Waals surface area contributed by atoms with Gasteiger partial charge in [-0.05, 0) is 102 Å². The molecule has 0 spiro atoms. The lowest BCUT2D eigenvalue weighted by molar-refractivity contribution is -0.147. The summed E-state index contributed by atoms with van der Waals surface area (Å²) in [5.74, 6) is 1.01. The van der Waals surface area contributed by atoms with Crippen LogP contribution in [0.2, 0.25) is 0 Å². The minimum Gasteiger partial charge on any atom is -0.396 e. The Bertz CT molecular complexity index is 688. The zero-order chi connectivity index (χ0) is 20.8. The maximum Gasteiger partial charge on any atom is 0.250 e. The van der Waals surface area contributed by atoms with Crippen LogP contribution < -0.4 is 5.32 Å². The molecule has 2 saturated carbocycles. The first-order chi connectivity index (χ1) is 13.9. The van der Waals surface area contributed by atoms with Crippen LogP contribution in [0.15, 0.2) is 11.1 Å². The van der Waals surface area contributed by atoms with E-state index in [1.165, 1.54) is 0 Å². The van der Waals surface area contributed by atoms with Gasteiger partial charge in [-0.25, -0.2) is 0 Å². The minimum absolute atomic E-state index is 0.0760. The molecule has 2 fully saturated rings. The molecule has 0 aromatic carbocycles. The number of aliphatic hydroxyl groups excluding tert-OH is 1. The van der Waals surface area contributed by atoms with E-state index in [1.54, 1.807) is 0 Å². The van der Waals surface area contributed by atoms with Gasteiger partial charge in [0, 0.05) is 24.3 Å². The minimum atomic E-state index is -0.632. The van der Waals surface area contributed by atoms with Crippen molar-refractivity contribution in [3.05, 3.63) is 11.1 Å². The lowest BCUT2D eigenvalue weighted by Gasteiger charge is -2.55. The Morgan fingerprint density at radius 2 is 1.79 bits per heavy atom. The number of hydrogen-bond donors (Lipinski definition) is 2. The molecule has 0 radical (unpaired) electrons. The highest BCUT2D eigenvalue weighted by Gasteiger charge is 2.57. The molecule has 0 aromatic rings. The predicted octanol–water partition coefficient (Wildman–Crippen LogP) is 3.56. The standard InChI is InChI=1S/C24H38N2O3/c1-15(2)26-21(17-10-8-16(14-27)9-11-17)24(3,23(29)25-18-12-13-18)20-7-5-4-6-19(20)22(26)28/h15-18,21,27H,4-14H2,1-3H3,(H,25,29)/t16?,17?,21-,24-/m0/s1. The summed E-state index contributed by atoms with van der Waals surface area (Å²) in [6.45, 7) is 6.57. The summed E-state index contributed by atoms with van der Waals surface area (Å²) in [5, 5.41) is 12.9. The number of amides is 2. The monoisotopic (exact) mass is 402 g/mol. The van der Waals surface area contributed by atoms with Gasteiger partial charge in [-0.15, -0.1) is 0 Å². The molecule has 5 nitrogen and oxygen atoms in total. The van der Waals surface area contributed by atoms with E-state index >= 15 is 0 Å². The molecule has 2 amide bonds. The van der Waals surface area contributed by atoms with Gasteiger partial charge in [-0.2, -0.15) is 0 Å². The maximum atomic E-state index is 13.8. The third-order valence-electron chi connectivity index (χ3n) is 8.02. The van der Waals surface area contributed by atoms with Crippen LogP contribution in [0, 0.1) is 17.3 Å². The molecule has 0 saturated heterocycles. The molecule has 4 rings (SSSR count). The van der Waals surface area contributed by atoms with Crippen molar-refractivity contribution >= 4 is 11.8 Å². The van der Waals surface area contributed by atoms with Crippen molar-refractivity contribution < 1.29 is 14.7 Å². The lowest BCUT2D eigenvalue weighted by Crippen LogP contribution is -2.65. The summed E-state index contributed by atoms with van der Waals surface area (Å²) in [5.41, 5.74) is 1.43. The summed E-state index contributed by atoms with van der Waals surface area (Å²) in [6, 6.07) is 0.320. The average molecular weight is 403 g/mol. The van der Waals surface area contributed by atoms with Gasteiger partial charge in [-0.3, -0.25) is 9.59 Å². The van der Waals surface area contributed by atoms with E-state index in [0.29, 0.717) is 17.9 Å². The number of rotatable bonds is 5. The molecule has 29 heavy (non-hydrogen) atoms. The number of carbonyl (C=O) groups excluding carboxylic acids is 2. The fraction of sp³-hybridized carbons (Fsp3) is 0.833. The van der Waals surface area contributed by atoms with Crippen molar-refractivity contribution in [3.63, 3.8) is 0 Å². The topological polar surface area (TPSA) is 69.6 Å². The first-order valence-electron chi connectivity index (χ1n) is 11.8. The number of nitrogens with zero attached hydrogens (tertiary/aromatic N) is 1. The summed E-state index contributed by atoms with van der Waals surface area (Å²) < 4.78 is 0. The van der Waals surface area contributed by atoms with E-state index < -0.39 is 5.41 Å². The van der Waals surface area contributed by atoms with Crippen LogP contribution in [0.1, 0.15) is 85.0 Å². The van der Waals surface area contributed by atoms with Gasteiger partial charge < -0.3 is 15.3 Å². The smallest absolute Gasteiger partial charge is 0.250 e. The van der Waals surface area contributed by atoms with Crippen LogP contribution in [-0.2, 0) is 9.59 Å². The van der Waals surface area contributed by atoms with Crippen molar-refractivity contribution in [2.45, 2.75) is 103 Å². The SMILES string of the molecule is CC(C)N1C(=O)C2=C(CCCC2)[C@](C)(C(=O)NC2CC2)[C@@H]1C1CCC(CO)CC1. The van der Waals surface area contributed by atoms with Crippen molar-refractivity contribution in [2.24, 2.45) is 17.3 Å². The second-order valence-electron chi connectivity index (χ2n) is 10.3. The Kier molecular flexibility index (Phi) is 5.80. The van der Waals surface area contributed by atoms with E-state index in [4.69, 9.17) is 0 Å². The second-order valence-corrected chi connectivity index (χ2v) is 10.3. The largest absolute Gasteiger partial charge is 0.396 e. The van der Waals surface area contributed by atoms with Gasteiger partial charge in [0.05, 0.1) is 11.5 Å². The zero-order valence-corrected chi connectivity index (χ0v) is 18.4. The Labute approximate surface area is 175 Å². The van der Waals surface area contributed by atoms with Crippen molar-refractivity contribution in [2.75, 3.05) is 6.61 Å². The number of nitrogens with one attached hydrogen (secondary N) is 1. The van der Waals surface area contributed by atoms with Gasteiger partial charge in [0.25, 0.3) is 0 Å². The highest BCUT2D eigenvalue weighted by Crippen LogP contribution is 2.52. The Hall–Kier alpha value is -1.36. The molecular weight excluding hydrogens is 364 g/mol. The molecule has 0 bridgehead atoms. The van der Waals surface area contributed by atoms with E-state index in [-0.39, 0.29) is 30.5 Å².